The Morgan fingerprint density at radius 2 is 1.86 bits per heavy atom. The van der Waals surface area contributed by atoms with Gasteiger partial charge in [0.2, 0.25) is 0 Å². The van der Waals surface area contributed by atoms with Gasteiger partial charge in [-0.3, -0.25) is 0 Å². The summed E-state index contributed by atoms with van der Waals surface area (Å²) in [5.74, 6) is 0.885. The van der Waals surface area contributed by atoms with Gasteiger partial charge in [-0.1, -0.05) is 56.3 Å². The lowest BCUT2D eigenvalue weighted by molar-refractivity contribution is 0.0510. The molecule has 2 rings (SSSR count). The van der Waals surface area contributed by atoms with Gasteiger partial charge in [0.1, 0.15) is 5.60 Å². The third-order valence-corrected chi connectivity index (χ3v) is 4.88. The smallest absolute Gasteiger partial charge is 0.408 e. The van der Waals surface area contributed by atoms with Crippen LogP contribution >= 0.6 is 0 Å². The van der Waals surface area contributed by atoms with E-state index in [9.17, 15) is 9.90 Å². The van der Waals surface area contributed by atoms with Gasteiger partial charge in [0.15, 0.2) is 0 Å². The third-order valence-electron chi connectivity index (χ3n) is 4.88. The lowest BCUT2D eigenvalue weighted by atomic mass is 9.90. The van der Waals surface area contributed by atoms with Crippen LogP contribution in [0.5, 0.6) is 0 Å². The van der Waals surface area contributed by atoms with Crippen LogP contribution in [0.1, 0.15) is 59.4 Å². The number of hydrogen-bond donors (Lipinski definition) is 2. The molecule has 1 aliphatic rings. The van der Waals surface area contributed by atoms with Gasteiger partial charge in [0.05, 0.1) is 12.1 Å². The van der Waals surface area contributed by atoms with Gasteiger partial charge in [-0.15, -0.1) is 0 Å². The van der Waals surface area contributed by atoms with Crippen molar-refractivity contribution in [3.05, 3.63) is 48.0 Å². The molecule has 4 heteroatoms. The van der Waals surface area contributed by atoms with Crippen LogP contribution in [-0.4, -0.2) is 28.9 Å². The molecule has 28 heavy (non-hydrogen) atoms. The SMILES string of the molecule is CC(C)C[C@@H](/C=C/[C@H](Cc1ccccc1)C(O)C1CC1)NC(=O)OC(C)(C)C. The fourth-order valence-corrected chi connectivity index (χ4v) is 3.41. The number of amides is 1. The first-order valence-electron chi connectivity index (χ1n) is 10.5. The van der Waals surface area contributed by atoms with Crippen LogP contribution in [0.4, 0.5) is 4.79 Å². The molecule has 1 unspecified atom stereocenters. The van der Waals surface area contributed by atoms with Crippen LogP contribution in [-0.2, 0) is 11.2 Å². The molecule has 3 atom stereocenters. The molecule has 0 saturated heterocycles. The van der Waals surface area contributed by atoms with Gasteiger partial charge in [-0.2, -0.15) is 0 Å². The molecule has 0 radical (unpaired) electrons. The maximum atomic E-state index is 12.2. The summed E-state index contributed by atoms with van der Waals surface area (Å²) in [4.78, 5) is 12.2. The number of carbonyl (C=O) groups excluding carboxylic acids is 1. The molecule has 1 saturated carbocycles. The fourth-order valence-electron chi connectivity index (χ4n) is 3.41. The van der Waals surface area contributed by atoms with E-state index in [1.54, 1.807) is 0 Å². The van der Waals surface area contributed by atoms with Crippen molar-refractivity contribution in [2.45, 2.75) is 78.0 Å². The van der Waals surface area contributed by atoms with Crippen molar-refractivity contribution < 1.29 is 14.6 Å². The molecule has 1 amide bonds. The van der Waals surface area contributed by atoms with E-state index < -0.39 is 11.7 Å². The van der Waals surface area contributed by atoms with E-state index in [0.29, 0.717) is 11.8 Å². The molecule has 1 fully saturated rings. The topological polar surface area (TPSA) is 58.6 Å². The minimum atomic E-state index is -0.520. The Hall–Kier alpha value is -1.81. The van der Waals surface area contributed by atoms with Crippen molar-refractivity contribution in [3.63, 3.8) is 0 Å². The molecule has 0 aliphatic heterocycles. The van der Waals surface area contributed by atoms with Gasteiger partial charge < -0.3 is 15.2 Å². The lowest BCUT2D eigenvalue weighted by Gasteiger charge is -2.24. The summed E-state index contributed by atoms with van der Waals surface area (Å²) in [6.45, 7) is 9.86. The number of nitrogens with one attached hydrogen (secondary N) is 1. The Kier molecular flexibility index (Phi) is 8.11. The van der Waals surface area contributed by atoms with Crippen molar-refractivity contribution in [1.82, 2.24) is 5.32 Å². The Bertz CT molecular complexity index is 629. The lowest BCUT2D eigenvalue weighted by Crippen LogP contribution is -2.39. The number of aliphatic hydroxyl groups excluding tert-OH is 1. The number of alkyl carbamates (subject to hydrolysis) is 1. The molecule has 2 N–H and O–H groups in total. The van der Waals surface area contributed by atoms with E-state index in [4.69, 9.17) is 4.74 Å². The maximum Gasteiger partial charge on any atom is 0.408 e. The summed E-state index contributed by atoms with van der Waals surface area (Å²) < 4.78 is 5.41. The fraction of sp³-hybridized carbons (Fsp3) is 0.625. The second-order valence-corrected chi connectivity index (χ2v) is 9.45. The second-order valence-electron chi connectivity index (χ2n) is 9.45. The molecule has 0 bridgehead atoms. The van der Waals surface area contributed by atoms with Gasteiger partial charge in [0.25, 0.3) is 0 Å². The first-order valence-corrected chi connectivity index (χ1v) is 10.5. The van der Waals surface area contributed by atoms with Crippen LogP contribution in [0.25, 0.3) is 0 Å². The first kappa shape index (κ1) is 22.5. The molecule has 4 nitrogen and oxygen atoms in total. The minimum Gasteiger partial charge on any atom is -0.444 e. The maximum absolute atomic E-state index is 12.2. The highest BCUT2D eigenvalue weighted by Crippen LogP contribution is 2.37. The summed E-state index contributed by atoms with van der Waals surface area (Å²) in [6, 6.07) is 10.2. The number of hydrogen-bond acceptors (Lipinski definition) is 3. The second kappa shape index (κ2) is 10.1. The molecule has 0 heterocycles. The Labute approximate surface area is 170 Å². The van der Waals surface area contributed by atoms with Crippen molar-refractivity contribution in [3.8, 4) is 0 Å². The van der Waals surface area contributed by atoms with Crippen LogP contribution in [0, 0.1) is 17.8 Å². The molecule has 0 aromatic heterocycles. The highest BCUT2D eigenvalue weighted by atomic mass is 16.6. The Morgan fingerprint density at radius 1 is 1.21 bits per heavy atom. The average molecular weight is 388 g/mol. The predicted molar refractivity (Wildman–Crippen MR) is 114 cm³/mol. The van der Waals surface area contributed by atoms with E-state index in [0.717, 1.165) is 25.7 Å². The third kappa shape index (κ3) is 8.47. The number of carbonyl (C=O) groups is 1. The Morgan fingerprint density at radius 3 is 2.39 bits per heavy atom. The van der Waals surface area contributed by atoms with Crippen LogP contribution in [0.3, 0.4) is 0 Å². The van der Waals surface area contributed by atoms with E-state index in [1.807, 2.05) is 45.0 Å². The van der Waals surface area contributed by atoms with Gasteiger partial charge in [0, 0.05) is 5.92 Å². The average Bonchev–Trinajstić information content (AvgIpc) is 3.41. The van der Waals surface area contributed by atoms with Gasteiger partial charge in [-0.25, -0.2) is 4.79 Å². The quantitative estimate of drug-likeness (QED) is 0.579. The van der Waals surface area contributed by atoms with Crippen LogP contribution in [0.15, 0.2) is 42.5 Å². The molecule has 1 aromatic carbocycles. The van der Waals surface area contributed by atoms with E-state index in [1.165, 1.54) is 5.56 Å². The predicted octanol–water partition coefficient (Wildman–Crippen LogP) is 5.11. The standard InChI is InChI=1S/C24H37NO3/c1-17(2)15-21(25-23(27)28-24(3,4)5)14-13-20(22(26)19-11-12-19)16-18-9-7-6-8-10-18/h6-10,13-14,17,19-22,26H,11-12,15-16H2,1-5H3,(H,25,27)/b14-13+/t20-,21-,22?/m1/s1. The highest BCUT2D eigenvalue weighted by Gasteiger charge is 2.34. The minimum absolute atomic E-state index is 0.0463. The van der Waals surface area contributed by atoms with Gasteiger partial charge >= 0.3 is 6.09 Å². The molecule has 0 spiro atoms. The van der Waals surface area contributed by atoms with Crippen molar-refractivity contribution in [2.24, 2.45) is 17.8 Å². The van der Waals surface area contributed by atoms with Crippen molar-refractivity contribution >= 4 is 6.09 Å². The summed E-state index contributed by atoms with van der Waals surface area (Å²) in [7, 11) is 0. The van der Waals surface area contributed by atoms with E-state index in [2.05, 4.69) is 37.4 Å². The van der Waals surface area contributed by atoms with E-state index in [-0.39, 0.29) is 18.1 Å². The first-order chi connectivity index (χ1) is 13.1. The van der Waals surface area contributed by atoms with E-state index >= 15 is 0 Å². The normalized spacial score (nSPS) is 18.1. The summed E-state index contributed by atoms with van der Waals surface area (Å²) in [5, 5.41) is 13.8. The number of rotatable bonds is 9. The van der Waals surface area contributed by atoms with Gasteiger partial charge in [-0.05, 0) is 63.9 Å². The number of aliphatic hydroxyl groups is 1. The zero-order chi connectivity index (χ0) is 20.7. The molecular formula is C24H37NO3. The monoisotopic (exact) mass is 387 g/mol. The summed E-state index contributed by atoms with van der Waals surface area (Å²) in [6.07, 6.45) is 7.24. The highest BCUT2D eigenvalue weighted by molar-refractivity contribution is 5.68. The van der Waals surface area contributed by atoms with Crippen molar-refractivity contribution in [2.75, 3.05) is 0 Å². The largest absolute Gasteiger partial charge is 0.444 e. The number of benzene rings is 1. The molecule has 1 aliphatic carbocycles. The molecule has 156 valence electrons. The summed E-state index contributed by atoms with van der Waals surface area (Å²) >= 11 is 0. The summed E-state index contributed by atoms with van der Waals surface area (Å²) in [5.41, 5.74) is 0.700. The zero-order valence-corrected chi connectivity index (χ0v) is 18.0. The van der Waals surface area contributed by atoms with Crippen LogP contribution in [0.2, 0.25) is 0 Å². The molecule has 1 aromatic rings. The Balaban J connectivity index is 2.08. The van der Waals surface area contributed by atoms with Crippen LogP contribution < -0.4 is 5.32 Å². The molecular weight excluding hydrogens is 350 g/mol. The number of ether oxygens (including phenoxy) is 1. The zero-order valence-electron chi connectivity index (χ0n) is 18.0. The van der Waals surface area contributed by atoms with Crippen molar-refractivity contribution in [1.29, 1.82) is 0 Å².